The summed E-state index contributed by atoms with van der Waals surface area (Å²) in [6, 6.07) is 14.3. The van der Waals surface area contributed by atoms with Crippen LogP contribution >= 0.6 is 0 Å². The molecule has 162 valence electrons. The van der Waals surface area contributed by atoms with Crippen LogP contribution in [0.3, 0.4) is 0 Å². The molecule has 0 radical (unpaired) electrons. The number of nitrogens with one attached hydrogen (secondary N) is 2. The van der Waals surface area contributed by atoms with E-state index in [1.165, 1.54) is 0 Å². The smallest absolute Gasteiger partial charge is 0.231 e. The number of hydrogen-bond donors (Lipinski definition) is 2. The van der Waals surface area contributed by atoms with Gasteiger partial charge in [-0.25, -0.2) is 4.72 Å². The van der Waals surface area contributed by atoms with E-state index in [0.29, 0.717) is 19.1 Å². The van der Waals surface area contributed by atoms with Gasteiger partial charge in [-0.3, -0.25) is 4.21 Å². The number of para-hydroxylation sites is 1. The molecule has 0 amide bonds. The molecule has 1 aliphatic heterocycles. The Hall–Kier alpha value is -2.13. The molecule has 1 unspecified atom stereocenters. The highest BCUT2D eigenvalue weighted by Gasteiger charge is 2.37. The fourth-order valence-electron chi connectivity index (χ4n) is 4.48. The van der Waals surface area contributed by atoms with E-state index in [4.69, 9.17) is 14.2 Å². The summed E-state index contributed by atoms with van der Waals surface area (Å²) in [5, 5.41) is 3.64. The highest BCUT2D eigenvalue weighted by Crippen LogP contribution is 2.41. The van der Waals surface area contributed by atoms with Gasteiger partial charge in [-0.1, -0.05) is 24.3 Å². The van der Waals surface area contributed by atoms with Crippen LogP contribution in [0.5, 0.6) is 17.2 Å². The molecule has 4 rings (SSSR count). The van der Waals surface area contributed by atoms with E-state index in [1.807, 2.05) is 30.3 Å². The normalized spacial score (nSPS) is 23.9. The number of methoxy groups -OCH3 is 1. The zero-order chi connectivity index (χ0) is 21.0. The minimum Gasteiger partial charge on any atom is -0.760 e. The van der Waals surface area contributed by atoms with Crippen LogP contribution in [0.2, 0.25) is 0 Å². The maximum absolute atomic E-state index is 11.2. The van der Waals surface area contributed by atoms with E-state index in [-0.39, 0.29) is 12.2 Å². The fourth-order valence-corrected chi connectivity index (χ4v) is 4.87. The van der Waals surface area contributed by atoms with E-state index in [2.05, 4.69) is 22.2 Å². The Labute approximate surface area is 179 Å². The Bertz CT molecular complexity index is 899. The first kappa shape index (κ1) is 21.1. The van der Waals surface area contributed by atoms with Crippen molar-refractivity contribution in [1.29, 1.82) is 0 Å². The van der Waals surface area contributed by atoms with Gasteiger partial charge >= 0.3 is 0 Å². The second-order valence-corrected chi connectivity index (χ2v) is 8.63. The van der Waals surface area contributed by atoms with E-state index in [0.717, 1.165) is 54.1 Å². The molecular formula is C22H27N2O5S-. The topological polar surface area (TPSA) is 91.9 Å². The third kappa shape index (κ3) is 4.62. The fraction of sp³-hybridized carbons (Fsp3) is 0.455. The van der Waals surface area contributed by atoms with Crippen LogP contribution in [-0.2, 0) is 23.2 Å². The van der Waals surface area contributed by atoms with Crippen LogP contribution in [0.4, 0.5) is 0 Å². The average Bonchev–Trinajstić information content (AvgIpc) is 3.26. The predicted octanol–water partition coefficient (Wildman–Crippen LogP) is 2.78. The highest BCUT2D eigenvalue weighted by atomic mass is 32.2. The largest absolute Gasteiger partial charge is 0.760 e. The predicted molar refractivity (Wildman–Crippen MR) is 113 cm³/mol. The first-order chi connectivity index (χ1) is 14.6. The summed E-state index contributed by atoms with van der Waals surface area (Å²) in [4.78, 5) is 0. The maximum Gasteiger partial charge on any atom is 0.231 e. The summed E-state index contributed by atoms with van der Waals surface area (Å²) < 4.78 is 41.4. The van der Waals surface area contributed by atoms with Gasteiger partial charge in [0.1, 0.15) is 5.75 Å². The zero-order valence-corrected chi connectivity index (χ0v) is 17.8. The highest BCUT2D eigenvalue weighted by molar-refractivity contribution is 7.77. The first-order valence-electron chi connectivity index (χ1n) is 10.2. The van der Waals surface area contributed by atoms with Gasteiger partial charge in [0.05, 0.1) is 7.11 Å². The lowest BCUT2D eigenvalue weighted by Gasteiger charge is -2.41. The van der Waals surface area contributed by atoms with Crippen molar-refractivity contribution in [2.24, 2.45) is 0 Å². The van der Waals surface area contributed by atoms with Gasteiger partial charge in [-0.2, -0.15) is 0 Å². The van der Waals surface area contributed by atoms with Crippen molar-refractivity contribution >= 4 is 11.3 Å². The molecule has 1 heterocycles. The second-order valence-electron chi connectivity index (χ2n) is 7.87. The molecule has 2 aliphatic rings. The summed E-state index contributed by atoms with van der Waals surface area (Å²) in [5.74, 6) is 2.41. The number of hydrogen-bond acceptors (Lipinski definition) is 6. The molecule has 0 spiro atoms. The molecule has 8 heteroatoms. The summed E-state index contributed by atoms with van der Waals surface area (Å²) in [6.45, 7) is 1.37. The van der Waals surface area contributed by atoms with Gasteiger partial charge in [0.25, 0.3) is 0 Å². The molecule has 2 N–H and O–H groups in total. The lowest BCUT2D eigenvalue weighted by atomic mass is 9.68. The van der Waals surface area contributed by atoms with E-state index in [9.17, 15) is 8.76 Å². The third-order valence-corrected chi connectivity index (χ3v) is 6.59. The molecule has 7 nitrogen and oxygen atoms in total. The van der Waals surface area contributed by atoms with Crippen molar-refractivity contribution in [2.45, 2.75) is 43.7 Å². The number of rotatable bonds is 8. The zero-order valence-electron chi connectivity index (χ0n) is 17.0. The molecule has 1 aliphatic carbocycles. The van der Waals surface area contributed by atoms with Gasteiger partial charge in [0.2, 0.25) is 6.79 Å². The van der Waals surface area contributed by atoms with Crippen LogP contribution < -0.4 is 24.2 Å². The van der Waals surface area contributed by atoms with Crippen LogP contribution in [0, 0.1) is 0 Å². The Kier molecular flexibility index (Phi) is 6.58. The van der Waals surface area contributed by atoms with E-state index in [1.54, 1.807) is 7.11 Å². The summed E-state index contributed by atoms with van der Waals surface area (Å²) in [6.07, 6.45) is 3.68. The Morgan fingerprint density at radius 1 is 1.20 bits per heavy atom. The van der Waals surface area contributed by atoms with E-state index < -0.39 is 11.3 Å². The minimum atomic E-state index is -2.28. The van der Waals surface area contributed by atoms with Crippen molar-refractivity contribution < 1.29 is 23.0 Å². The first-order valence-corrected chi connectivity index (χ1v) is 11.3. The molecule has 0 bridgehead atoms. The number of fused-ring (bicyclic) bond motifs is 1. The van der Waals surface area contributed by atoms with Gasteiger partial charge in [-0.15, -0.1) is 0 Å². The third-order valence-electron chi connectivity index (χ3n) is 6.21. The molecular weight excluding hydrogens is 404 g/mol. The molecule has 2 aromatic rings. The van der Waals surface area contributed by atoms with Crippen molar-refractivity contribution in [3.63, 3.8) is 0 Å². The molecule has 1 fully saturated rings. The van der Waals surface area contributed by atoms with Crippen LogP contribution in [0.1, 0.15) is 36.8 Å². The average molecular weight is 432 g/mol. The summed E-state index contributed by atoms with van der Waals surface area (Å²) in [5.41, 5.74) is 1.97. The van der Waals surface area contributed by atoms with Crippen molar-refractivity contribution in [1.82, 2.24) is 10.0 Å². The number of ether oxygens (including phenoxy) is 3. The van der Waals surface area contributed by atoms with Crippen molar-refractivity contribution in [2.75, 3.05) is 20.4 Å². The molecule has 1 atom stereocenters. The van der Waals surface area contributed by atoms with Crippen LogP contribution in [-0.4, -0.2) is 35.3 Å². The summed E-state index contributed by atoms with van der Waals surface area (Å²) >= 11 is -2.28. The monoisotopic (exact) mass is 431 g/mol. The Balaban J connectivity index is 1.42. The lowest BCUT2D eigenvalue weighted by Crippen LogP contribution is -2.45. The van der Waals surface area contributed by atoms with Gasteiger partial charge in [-0.05, 0) is 49.4 Å². The number of benzene rings is 2. The summed E-state index contributed by atoms with van der Waals surface area (Å²) in [7, 11) is 1.65. The van der Waals surface area contributed by atoms with Crippen LogP contribution in [0.15, 0.2) is 42.5 Å². The molecule has 1 saturated carbocycles. The van der Waals surface area contributed by atoms with Gasteiger partial charge in [0.15, 0.2) is 11.5 Å². The quantitative estimate of drug-likeness (QED) is 0.625. The van der Waals surface area contributed by atoms with Gasteiger partial charge < -0.3 is 24.1 Å². The maximum atomic E-state index is 11.2. The Morgan fingerprint density at radius 3 is 2.77 bits per heavy atom. The lowest BCUT2D eigenvalue weighted by molar-refractivity contribution is 0.173. The molecule has 0 saturated heterocycles. The van der Waals surface area contributed by atoms with Crippen molar-refractivity contribution in [3.05, 3.63) is 53.6 Å². The Morgan fingerprint density at radius 2 is 2.00 bits per heavy atom. The molecule has 0 aromatic heterocycles. The standard InChI is InChI=1S/C22H28N2O5S/c1-27-19-6-3-5-17(12-19)22(14-24-30(25)26)10-8-18(9-11-22)23-13-16-4-2-7-20-21(16)29-15-28-20/h2-7,12,18,23-24H,8-11,13-15H2,1H3,(H,25,26)/p-1. The van der Waals surface area contributed by atoms with Crippen molar-refractivity contribution in [3.8, 4) is 17.2 Å². The molecule has 30 heavy (non-hydrogen) atoms. The second kappa shape index (κ2) is 9.34. The SMILES string of the molecule is COc1cccc(C2(CNS(=O)[O-])CCC(NCc3cccc4c3OCO4)CC2)c1. The van der Waals surface area contributed by atoms with E-state index >= 15 is 0 Å². The van der Waals surface area contributed by atoms with Gasteiger partial charge in [0, 0.05) is 41.4 Å². The van der Waals surface area contributed by atoms with Crippen LogP contribution in [0.25, 0.3) is 0 Å². The minimum absolute atomic E-state index is 0.238. The molecule has 2 aromatic carbocycles.